The van der Waals surface area contributed by atoms with Crippen LogP contribution in [0.1, 0.15) is 22.9 Å². The van der Waals surface area contributed by atoms with Gasteiger partial charge < -0.3 is 19.6 Å². The van der Waals surface area contributed by atoms with Crippen molar-refractivity contribution in [2.75, 3.05) is 7.11 Å². The Hall–Kier alpha value is -2.43. The highest BCUT2D eigenvalue weighted by Crippen LogP contribution is 2.30. The zero-order valence-corrected chi connectivity index (χ0v) is 14.7. The fourth-order valence-corrected chi connectivity index (χ4v) is 2.68. The minimum Gasteiger partial charge on any atom is -0.493 e. The summed E-state index contributed by atoms with van der Waals surface area (Å²) in [6, 6.07) is 16.9. The van der Waals surface area contributed by atoms with E-state index in [2.05, 4.69) is 0 Å². The Morgan fingerprint density at radius 3 is 2.48 bits per heavy atom. The van der Waals surface area contributed by atoms with E-state index < -0.39 is 0 Å². The van der Waals surface area contributed by atoms with Crippen LogP contribution in [-0.2, 0) is 13.0 Å². The maximum absolute atomic E-state index is 6.17. The second-order valence-electron chi connectivity index (χ2n) is 5.73. The van der Waals surface area contributed by atoms with Gasteiger partial charge in [-0.2, -0.15) is 0 Å². The summed E-state index contributed by atoms with van der Waals surface area (Å²) in [7, 11) is 1.63. The molecule has 1 aromatic heterocycles. The molecule has 0 bridgehead atoms. The molecule has 130 valence electrons. The topological polar surface area (TPSA) is 57.6 Å². The fraction of sp³-hybridized carbons (Fsp3) is 0.200. The molecule has 0 aliphatic carbocycles. The van der Waals surface area contributed by atoms with Gasteiger partial charge in [0.2, 0.25) is 0 Å². The van der Waals surface area contributed by atoms with Crippen molar-refractivity contribution in [1.82, 2.24) is 0 Å². The first-order valence-electron chi connectivity index (χ1n) is 7.99. The number of methoxy groups -OCH3 is 1. The van der Waals surface area contributed by atoms with E-state index in [1.807, 2.05) is 54.6 Å². The van der Waals surface area contributed by atoms with Gasteiger partial charge in [-0.05, 0) is 53.9 Å². The van der Waals surface area contributed by atoms with Crippen LogP contribution in [-0.4, -0.2) is 7.11 Å². The van der Waals surface area contributed by atoms with E-state index in [4.69, 9.17) is 31.2 Å². The molecule has 1 unspecified atom stereocenters. The number of rotatable bonds is 7. The van der Waals surface area contributed by atoms with Gasteiger partial charge in [0.05, 0.1) is 19.4 Å². The Balaban J connectivity index is 1.67. The molecule has 2 aromatic carbocycles. The molecule has 2 N–H and O–H groups in total. The normalized spacial score (nSPS) is 12.0. The number of ether oxygens (including phenoxy) is 2. The molecule has 1 atom stereocenters. The van der Waals surface area contributed by atoms with Crippen LogP contribution in [0.5, 0.6) is 11.5 Å². The zero-order valence-electron chi connectivity index (χ0n) is 13.9. The Morgan fingerprint density at radius 1 is 1.04 bits per heavy atom. The zero-order chi connectivity index (χ0) is 17.6. The van der Waals surface area contributed by atoms with Crippen molar-refractivity contribution >= 4 is 11.6 Å². The van der Waals surface area contributed by atoms with Crippen molar-refractivity contribution in [3.8, 4) is 11.5 Å². The summed E-state index contributed by atoms with van der Waals surface area (Å²) < 4.78 is 16.7. The molecule has 0 aliphatic rings. The molecule has 3 rings (SSSR count). The summed E-state index contributed by atoms with van der Waals surface area (Å²) >= 11 is 5.89. The van der Waals surface area contributed by atoms with Crippen molar-refractivity contribution in [3.05, 3.63) is 82.8 Å². The molecule has 0 fully saturated rings. The van der Waals surface area contributed by atoms with Crippen LogP contribution in [0.2, 0.25) is 5.02 Å². The van der Waals surface area contributed by atoms with Crippen LogP contribution in [0.3, 0.4) is 0 Å². The lowest BCUT2D eigenvalue weighted by Crippen LogP contribution is -2.12. The van der Waals surface area contributed by atoms with E-state index in [0.717, 1.165) is 16.9 Å². The summed E-state index contributed by atoms with van der Waals surface area (Å²) in [5.41, 5.74) is 8.26. The van der Waals surface area contributed by atoms with E-state index >= 15 is 0 Å². The molecule has 0 amide bonds. The molecule has 4 nitrogen and oxygen atoms in total. The molecular formula is C20H20ClNO3. The van der Waals surface area contributed by atoms with Gasteiger partial charge in [0.25, 0.3) is 0 Å². The predicted molar refractivity (Wildman–Crippen MR) is 98.1 cm³/mol. The molecular weight excluding hydrogens is 338 g/mol. The average Bonchev–Trinajstić information content (AvgIpc) is 3.16. The number of nitrogens with two attached hydrogens (primary N) is 1. The fourth-order valence-electron chi connectivity index (χ4n) is 2.56. The lowest BCUT2D eigenvalue weighted by molar-refractivity contribution is 0.284. The maximum atomic E-state index is 6.17. The largest absolute Gasteiger partial charge is 0.493 e. The van der Waals surface area contributed by atoms with Crippen LogP contribution >= 0.6 is 11.6 Å². The molecule has 0 aliphatic heterocycles. The average molecular weight is 358 g/mol. The molecule has 1 heterocycles. The number of furan rings is 1. The van der Waals surface area contributed by atoms with Crippen LogP contribution in [0.25, 0.3) is 0 Å². The number of hydrogen-bond donors (Lipinski definition) is 1. The first kappa shape index (κ1) is 17.4. The summed E-state index contributed by atoms with van der Waals surface area (Å²) in [5, 5.41) is 0.707. The van der Waals surface area contributed by atoms with E-state index in [0.29, 0.717) is 29.5 Å². The van der Waals surface area contributed by atoms with Gasteiger partial charge in [0.15, 0.2) is 11.5 Å². The molecule has 0 saturated carbocycles. The van der Waals surface area contributed by atoms with Crippen molar-refractivity contribution < 1.29 is 13.9 Å². The number of benzene rings is 2. The molecule has 5 heteroatoms. The van der Waals surface area contributed by atoms with Gasteiger partial charge in [-0.1, -0.05) is 29.8 Å². The monoisotopic (exact) mass is 357 g/mol. The Bertz CT molecular complexity index is 800. The van der Waals surface area contributed by atoms with Gasteiger partial charge in [-0.25, -0.2) is 0 Å². The maximum Gasteiger partial charge on any atom is 0.161 e. The third-order valence-corrected chi connectivity index (χ3v) is 4.15. The quantitative estimate of drug-likeness (QED) is 0.662. The smallest absolute Gasteiger partial charge is 0.161 e. The van der Waals surface area contributed by atoms with E-state index in [1.165, 1.54) is 0 Å². The van der Waals surface area contributed by atoms with Crippen molar-refractivity contribution in [3.63, 3.8) is 0 Å². The summed E-state index contributed by atoms with van der Waals surface area (Å²) in [5.74, 6) is 2.13. The van der Waals surface area contributed by atoms with Gasteiger partial charge in [0, 0.05) is 5.02 Å². The first-order valence-corrected chi connectivity index (χ1v) is 8.36. The lowest BCUT2D eigenvalue weighted by Gasteiger charge is -2.14. The molecule has 25 heavy (non-hydrogen) atoms. The van der Waals surface area contributed by atoms with Gasteiger partial charge in [-0.15, -0.1) is 0 Å². The second kappa shape index (κ2) is 8.10. The van der Waals surface area contributed by atoms with Crippen molar-refractivity contribution in [2.24, 2.45) is 5.73 Å². The number of halogens is 1. The summed E-state index contributed by atoms with van der Waals surface area (Å²) in [6.07, 6.45) is 2.28. The minimum absolute atomic E-state index is 0.194. The standard InChI is InChI=1S/C20H20ClNO3/c1-23-20-12-15(11-17(22)18-3-2-10-24-18)6-9-19(20)25-13-14-4-7-16(21)8-5-14/h2-10,12,17H,11,13,22H2,1H3. The van der Waals surface area contributed by atoms with Crippen LogP contribution < -0.4 is 15.2 Å². The summed E-state index contributed by atoms with van der Waals surface area (Å²) in [4.78, 5) is 0. The SMILES string of the molecule is COc1cc(CC(N)c2ccco2)ccc1OCc1ccc(Cl)cc1. The molecule has 3 aromatic rings. The highest BCUT2D eigenvalue weighted by atomic mass is 35.5. The van der Waals surface area contributed by atoms with Crippen LogP contribution in [0.15, 0.2) is 65.3 Å². The lowest BCUT2D eigenvalue weighted by atomic mass is 10.0. The van der Waals surface area contributed by atoms with Crippen molar-refractivity contribution in [2.45, 2.75) is 19.1 Å². The van der Waals surface area contributed by atoms with Gasteiger partial charge >= 0.3 is 0 Å². The van der Waals surface area contributed by atoms with Crippen LogP contribution in [0, 0.1) is 0 Å². The Morgan fingerprint density at radius 2 is 1.80 bits per heavy atom. The predicted octanol–water partition coefficient (Wildman–Crippen LogP) is 4.76. The first-order chi connectivity index (χ1) is 12.2. The van der Waals surface area contributed by atoms with E-state index in [9.17, 15) is 0 Å². The summed E-state index contributed by atoms with van der Waals surface area (Å²) in [6.45, 7) is 0.443. The van der Waals surface area contributed by atoms with Crippen LogP contribution in [0.4, 0.5) is 0 Å². The van der Waals surface area contributed by atoms with Crippen molar-refractivity contribution in [1.29, 1.82) is 0 Å². The van der Waals surface area contributed by atoms with E-state index in [-0.39, 0.29) is 6.04 Å². The minimum atomic E-state index is -0.194. The number of hydrogen-bond acceptors (Lipinski definition) is 4. The van der Waals surface area contributed by atoms with Gasteiger partial charge in [0.1, 0.15) is 12.4 Å². The second-order valence-corrected chi connectivity index (χ2v) is 6.16. The molecule has 0 saturated heterocycles. The highest BCUT2D eigenvalue weighted by Gasteiger charge is 2.12. The molecule has 0 spiro atoms. The van der Waals surface area contributed by atoms with E-state index in [1.54, 1.807) is 13.4 Å². The Kier molecular flexibility index (Phi) is 5.64. The third-order valence-electron chi connectivity index (χ3n) is 3.90. The third kappa shape index (κ3) is 4.56. The molecule has 0 radical (unpaired) electrons. The van der Waals surface area contributed by atoms with Gasteiger partial charge in [-0.3, -0.25) is 0 Å². The highest BCUT2D eigenvalue weighted by molar-refractivity contribution is 6.30. The Labute approximate surface area is 152 Å².